The van der Waals surface area contributed by atoms with Crippen molar-refractivity contribution in [3.8, 4) is 0 Å². The van der Waals surface area contributed by atoms with Gasteiger partial charge >= 0.3 is 0 Å². The first-order valence-corrected chi connectivity index (χ1v) is 7.75. The average Bonchev–Trinajstić information content (AvgIpc) is 3.17. The van der Waals surface area contributed by atoms with Crippen molar-refractivity contribution in [2.45, 2.75) is 43.6 Å². The van der Waals surface area contributed by atoms with Crippen LogP contribution in [0.1, 0.15) is 38.2 Å². The second-order valence-electron chi connectivity index (χ2n) is 5.75. The minimum Gasteiger partial charge on any atom is -0.467 e. The number of rotatable bonds is 5. The first kappa shape index (κ1) is 14.8. The monoisotopic (exact) mass is 320 g/mol. The molecule has 3 aromatic heterocycles. The van der Waals surface area contributed by atoms with E-state index in [9.17, 15) is 0 Å². The van der Waals surface area contributed by atoms with Crippen LogP contribution in [0, 0.1) is 0 Å². The largest absolute Gasteiger partial charge is 0.467 e. The molecule has 3 aromatic rings. The van der Waals surface area contributed by atoms with Gasteiger partial charge in [0.2, 0.25) is 11.0 Å². The number of hydrogen-bond acceptors (Lipinski definition) is 8. The van der Waals surface area contributed by atoms with E-state index in [0.717, 1.165) is 5.76 Å². The number of hydrogen-bond donors (Lipinski definition) is 0. The van der Waals surface area contributed by atoms with E-state index in [-0.39, 0.29) is 5.41 Å². The van der Waals surface area contributed by atoms with Crippen LogP contribution in [0.3, 0.4) is 0 Å². The van der Waals surface area contributed by atoms with Crippen molar-refractivity contribution < 1.29 is 8.94 Å². The van der Waals surface area contributed by atoms with Crippen LogP contribution in [0.5, 0.6) is 0 Å². The van der Waals surface area contributed by atoms with Crippen molar-refractivity contribution >= 4 is 11.8 Å². The summed E-state index contributed by atoms with van der Waals surface area (Å²) in [4.78, 5) is 4.39. The Morgan fingerprint density at radius 2 is 2.18 bits per heavy atom. The van der Waals surface area contributed by atoms with Gasteiger partial charge in [-0.1, -0.05) is 37.7 Å². The maximum atomic E-state index is 5.30. The molecule has 9 heteroatoms. The molecule has 0 saturated heterocycles. The van der Waals surface area contributed by atoms with Gasteiger partial charge in [-0.05, 0) is 22.6 Å². The predicted octanol–water partition coefficient (Wildman–Crippen LogP) is 2.29. The maximum Gasteiger partial charge on any atom is 0.237 e. The van der Waals surface area contributed by atoms with Gasteiger partial charge in [0.05, 0.1) is 12.0 Å². The number of aromatic nitrogens is 6. The number of furan rings is 1. The molecule has 0 aliphatic heterocycles. The van der Waals surface area contributed by atoms with E-state index in [1.54, 1.807) is 10.9 Å². The van der Waals surface area contributed by atoms with E-state index >= 15 is 0 Å². The molecule has 0 N–H and O–H groups in total. The van der Waals surface area contributed by atoms with Crippen molar-refractivity contribution in [3.63, 3.8) is 0 Å². The highest BCUT2D eigenvalue weighted by atomic mass is 32.2. The summed E-state index contributed by atoms with van der Waals surface area (Å²) in [5, 5.41) is 16.3. The van der Waals surface area contributed by atoms with Crippen LogP contribution in [0.2, 0.25) is 0 Å². The average molecular weight is 320 g/mol. The van der Waals surface area contributed by atoms with Crippen LogP contribution in [0.15, 0.2) is 32.5 Å². The smallest absolute Gasteiger partial charge is 0.237 e. The lowest BCUT2D eigenvalue weighted by molar-refractivity contribution is 0.372. The Kier molecular flexibility index (Phi) is 3.97. The molecule has 0 aromatic carbocycles. The highest BCUT2D eigenvalue weighted by Crippen LogP contribution is 2.23. The van der Waals surface area contributed by atoms with Crippen LogP contribution >= 0.6 is 11.8 Å². The quantitative estimate of drug-likeness (QED) is 0.661. The van der Waals surface area contributed by atoms with E-state index in [1.807, 2.05) is 32.9 Å². The molecule has 0 atom stereocenters. The normalized spacial score (nSPS) is 12.0. The van der Waals surface area contributed by atoms with Crippen LogP contribution in [0.25, 0.3) is 0 Å². The van der Waals surface area contributed by atoms with Gasteiger partial charge in [0.25, 0.3) is 0 Å². The summed E-state index contributed by atoms with van der Waals surface area (Å²) in [5.74, 6) is 2.56. The Hall–Kier alpha value is -2.16. The molecule has 0 bridgehead atoms. The second-order valence-corrected chi connectivity index (χ2v) is 6.69. The summed E-state index contributed by atoms with van der Waals surface area (Å²) in [7, 11) is 0. The lowest BCUT2D eigenvalue weighted by atomic mass is 9.96. The van der Waals surface area contributed by atoms with E-state index in [2.05, 4.69) is 25.7 Å². The number of tetrazole rings is 1. The minimum absolute atomic E-state index is 0.132. The first-order valence-electron chi connectivity index (χ1n) is 6.77. The fraction of sp³-hybridized carbons (Fsp3) is 0.462. The molecule has 0 spiro atoms. The number of nitrogens with zero attached hydrogens (tertiary/aromatic N) is 6. The third-order valence-corrected chi connectivity index (χ3v) is 3.79. The summed E-state index contributed by atoms with van der Waals surface area (Å²) >= 11 is 1.44. The van der Waals surface area contributed by atoms with Crippen LogP contribution in [-0.4, -0.2) is 30.3 Å². The van der Waals surface area contributed by atoms with Crippen LogP contribution in [0.4, 0.5) is 0 Å². The Labute approximate surface area is 131 Å². The fourth-order valence-corrected chi connectivity index (χ4v) is 2.41. The first-order chi connectivity index (χ1) is 10.5. The minimum atomic E-state index is -0.132. The van der Waals surface area contributed by atoms with Crippen molar-refractivity contribution in [1.29, 1.82) is 0 Å². The molecule has 8 nitrogen and oxygen atoms in total. The lowest BCUT2D eigenvalue weighted by Gasteiger charge is -2.10. The van der Waals surface area contributed by atoms with Crippen molar-refractivity contribution in [3.05, 3.63) is 35.9 Å². The topological polar surface area (TPSA) is 95.7 Å². The van der Waals surface area contributed by atoms with E-state index < -0.39 is 0 Å². The van der Waals surface area contributed by atoms with Crippen molar-refractivity contribution in [1.82, 2.24) is 30.3 Å². The van der Waals surface area contributed by atoms with Gasteiger partial charge in [0.1, 0.15) is 12.3 Å². The van der Waals surface area contributed by atoms with Gasteiger partial charge in [-0.15, -0.1) is 5.10 Å². The molecular weight excluding hydrogens is 304 g/mol. The molecule has 0 amide bonds. The van der Waals surface area contributed by atoms with Gasteiger partial charge in [0, 0.05) is 5.41 Å². The maximum absolute atomic E-state index is 5.30. The highest BCUT2D eigenvalue weighted by Gasteiger charge is 2.21. The van der Waals surface area contributed by atoms with Gasteiger partial charge < -0.3 is 8.94 Å². The van der Waals surface area contributed by atoms with Gasteiger partial charge in [-0.25, -0.2) is 4.68 Å². The molecule has 0 radical (unpaired) electrons. The molecule has 3 rings (SSSR count). The second kappa shape index (κ2) is 5.91. The SMILES string of the molecule is CC(C)(C)c1noc(CSc2nnnn2Cc2ccco2)n1. The molecule has 0 aliphatic rings. The summed E-state index contributed by atoms with van der Waals surface area (Å²) in [6, 6.07) is 3.71. The Balaban J connectivity index is 1.65. The third kappa shape index (κ3) is 3.35. The zero-order chi connectivity index (χ0) is 15.6. The Morgan fingerprint density at radius 3 is 2.86 bits per heavy atom. The zero-order valence-corrected chi connectivity index (χ0v) is 13.4. The molecule has 0 saturated carbocycles. The van der Waals surface area contributed by atoms with Gasteiger partial charge in [-0.3, -0.25) is 0 Å². The summed E-state index contributed by atoms with van der Waals surface area (Å²) in [5.41, 5.74) is -0.132. The van der Waals surface area contributed by atoms with Gasteiger partial charge in [0.15, 0.2) is 5.82 Å². The van der Waals surface area contributed by atoms with Crippen molar-refractivity contribution in [2.75, 3.05) is 0 Å². The van der Waals surface area contributed by atoms with E-state index in [0.29, 0.717) is 29.2 Å². The van der Waals surface area contributed by atoms with Crippen LogP contribution < -0.4 is 0 Å². The van der Waals surface area contributed by atoms with Crippen molar-refractivity contribution in [2.24, 2.45) is 0 Å². The third-order valence-electron chi connectivity index (χ3n) is 2.85. The van der Waals surface area contributed by atoms with Gasteiger partial charge in [-0.2, -0.15) is 4.98 Å². The molecule has 116 valence electrons. The molecular formula is C13H16N6O2S. The molecule has 0 aliphatic carbocycles. The molecule has 0 fully saturated rings. The zero-order valence-electron chi connectivity index (χ0n) is 12.6. The summed E-state index contributed by atoms with van der Waals surface area (Å²) < 4.78 is 12.2. The predicted molar refractivity (Wildman–Crippen MR) is 78.2 cm³/mol. The Morgan fingerprint density at radius 1 is 1.32 bits per heavy atom. The number of thioether (sulfide) groups is 1. The Bertz CT molecular complexity index is 728. The highest BCUT2D eigenvalue weighted by molar-refractivity contribution is 7.98. The van der Waals surface area contributed by atoms with Crippen LogP contribution in [-0.2, 0) is 17.7 Å². The fourth-order valence-electron chi connectivity index (χ4n) is 1.69. The lowest BCUT2D eigenvalue weighted by Crippen LogP contribution is -2.13. The summed E-state index contributed by atoms with van der Waals surface area (Å²) in [6.45, 7) is 6.61. The van der Waals surface area contributed by atoms with E-state index in [1.165, 1.54) is 11.8 Å². The molecule has 0 unspecified atom stereocenters. The van der Waals surface area contributed by atoms with E-state index in [4.69, 9.17) is 8.94 Å². The molecule has 22 heavy (non-hydrogen) atoms. The standard InChI is InChI=1S/C13H16N6O2S/c1-13(2,3)11-14-10(21-16-11)8-22-12-15-17-18-19(12)7-9-5-4-6-20-9/h4-6H,7-8H2,1-3H3. The molecule has 3 heterocycles. The summed E-state index contributed by atoms with van der Waals surface area (Å²) in [6.07, 6.45) is 1.62.